The summed E-state index contributed by atoms with van der Waals surface area (Å²) in [4.78, 5) is 0. The molecule has 116 valence electrons. The summed E-state index contributed by atoms with van der Waals surface area (Å²) in [6.45, 7) is 10.3. The molecule has 1 aromatic rings. The Kier molecular flexibility index (Phi) is 8.38. The molecule has 21 heavy (non-hydrogen) atoms. The van der Waals surface area contributed by atoms with Crippen molar-refractivity contribution in [2.24, 2.45) is 0 Å². The van der Waals surface area contributed by atoms with Crippen molar-refractivity contribution >= 4 is 0 Å². The van der Waals surface area contributed by atoms with E-state index in [9.17, 15) is 0 Å². The first-order chi connectivity index (χ1) is 10.3. The Morgan fingerprint density at radius 3 is 2.43 bits per heavy atom. The minimum atomic E-state index is 0.229. The molecular weight excluding hydrogens is 262 g/mol. The fourth-order valence-corrected chi connectivity index (χ4v) is 2.12. The van der Waals surface area contributed by atoms with Crippen LogP contribution in [0.1, 0.15) is 52.1 Å². The third-order valence-electron chi connectivity index (χ3n) is 3.09. The van der Waals surface area contributed by atoms with Crippen LogP contribution < -0.4 is 14.8 Å². The molecule has 0 aliphatic carbocycles. The lowest BCUT2D eigenvalue weighted by Gasteiger charge is -2.19. The minimum Gasteiger partial charge on any atom is -0.490 e. The molecule has 1 atom stereocenters. The van der Waals surface area contributed by atoms with Gasteiger partial charge in [-0.05, 0) is 51.4 Å². The zero-order valence-electron chi connectivity index (χ0n) is 13.7. The van der Waals surface area contributed by atoms with Gasteiger partial charge >= 0.3 is 0 Å². The summed E-state index contributed by atoms with van der Waals surface area (Å²) in [6, 6.07) is 6.38. The van der Waals surface area contributed by atoms with Crippen LogP contribution in [0, 0.1) is 11.8 Å². The summed E-state index contributed by atoms with van der Waals surface area (Å²) in [7, 11) is 0. The van der Waals surface area contributed by atoms with Gasteiger partial charge in [0.15, 0.2) is 11.5 Å². The number of ether oxygens (including phenoxy) is 2. The van der Waals surface area contributed by atoms with Crippen LogP contribution in [0.5, 0.6) is 11.5 Å². The zero-order valence-corrected chi connectivity index (χ0v) is 13.7. The molecule has 0 amide bonds. The average Bonchev–Trinajstić information content (AvgIpc) is 2.50. The second kappa shape index (κ2) is 10.1. The van der Waals surface area contributed by atoms with Gasteiger partial charge in [-0.15, -0.1) is 11.8 Å². The average molecular weight is 289 g/mol. The molecule has 1 N–H and O–H groups in total. The van der Waals surface area contributed by atoms with E-state index in [1.807, 2.05) is 26.8 Å². The molecule has 1 aromatic carbocycles. The normalized spacial score (nSPS) is 11.4. The Balaban J connectivity index is 2.99. The van der Waals surface area contributed by atoms with Gasteiger partial charge in [-0.25, -0.2) is 0 Å². The number of benzene rings is 1. The van der Waals surface area contributed by atoms with Crippen molar-refractivity contribution in [2.45, 2.75) is 46.6 Å². The van der Waals surface area contributed by atoms with Crippen molar-refractivity contribution in [3.8, 4) is 23.3 Å². The molecule has 3 heteroatoms. The van der Waals surface area contributed by atoms with Crippen LogP contribution in [0.2, 0.25) is 0 Å². The van der Waals surface area contributed by atoms with Crippen molar-refractivity contribution in [3.05, 3.63) is 23.8 Å². The summed E-state index contributed by atoms with van der Waals surface area (Å²) in [6.07, 6.45) is 1.90. The fourth-order valence-electron chi connectivity index (χ4n) is 2.12. The molecular formula is C18H27NO2. The molecule has 1 unspecified atom stereocenters. The summed E-state index contributed by atoms with van der Waals surface area (Å²) in [5.74, 6) is 7.75. The molecule has 0 bridgehead atoms. The smallest absolute Gasteiger partial charge is 0.161 e. The van der Waals surface area contributed by atoms with Crippen LogP contribution in [0.15, 0.2) is 18.2 Å². The summed E-state index contributed by atoms with van der Waals surface area (Å²) in [5.41, 5.74) is 1.19. The third-order valence-corrected chi connectivity index (χ3v) is 3.09. The van der Waals surface area contributed by atoms with E-state index in [2.05, 4.69) is 36.2 Å². The summed E-state index contributed by atoms with van der Waals surface area (Å²) < 4.78 is 11.3. The Bertz CT molecular complexity index is 474. The van der Waals surface area contributed by atoms with Crippen LogP contribution >= 0.6 is 0 Å². The van der Waals surface area contributed by atoms with Crippen molar-refractivity contribution in [1.82, 2.24) is 5.32 Å². The maximum Gasteiger partial charge on any atom is 0.161 e. The Labute approximate surface area is 129 Å². The van der Waals surface area contributed by atoms with Crippen molar-refractivity contribution in [2.75, 3.05) is 19.8 Å². The highest BCUT2D eigenvalue weighted by Crippen LogP contribution is 2.31. The van der Waals surface area contributed by atoms with E-state index >= 15 is 0 Å². The van der Waals surface area contributed by atoms with E-state index in [-0.39, 0.29) is 6.04 Å². The SMILES string of the molecule is CC#CCC(NCCC)c1ccc(OCC)c(OCC)c1. The lowest BCUT2D eigenvalue weighted by molar-refractivity contribution is 0.287. The Morgan fingerprint density at radius 2 is 1.81 bits per heavy atom. The number of rotatable bonds is 9. The first-order valence-electron chi connectivity index (χ1n) is 7.79. The summed E-state index contributed by atoms with van der Waals surface area (Å²) in [5, 5.41) is 3.54. The third kappa shape index (κ3) is 5.69. The predicted molar refractivity (Wildman–Crippen MR) is 87.9 cm³/mol. The van der Waals surface area contributed by atoms with Gasteiger partial charge in [0.25, 0.3) is 0 Å². The van der Waals surface area contributed by atoms with E-state index in [1.165, 1.54) is 5.56 Å². The molecule has 0 aliphatic rings. The topological polar surface area (TPSA) is 30.5 Å². The number of hydrogen-bond donors (Lipinski definition) is 1. The molecule has 0 fully saturated rings. The van der Waals surface area contributed by atoms with Crippen LogP contribution in [0.3, 0.4) is 0 Å². The summed E-state index contributed by atoms with van der Waals surface area (Å²) >= 11 is 0. The Morgan fingerprint density at radius 1 is 1.10 bits per heavy atom. The van der Waals surface area contributed by atoms with Gasteiger partial charge in [-0.2, -0.15) is 0 Å². The molecule has 3 nitrogen and oxygen atoms in total. The largest absolute Gasteiger partial charge is 0.490 e. The number of nitrogens with one attached hydrogen (secondary N) is 1. The molecule has 0 saturated carbocycles. The van der Waals surface area contributed by atoms with Gasteiger partial charge in [0.05, 0.1) is 13.2 Å². The fraction of sp³-hybridized carbons (Fsp3) is 0.556. The first-order valence-corrected chi connectivity index (χ1v) is 7.79. The van der Waals surface area contributed by atoms with E-state index in [1.54, 1.807) is 0 Å². The lowest BCUT2D eigenvalue weighted by atomic mass is 10.0. The maximum atomic E-state index is 5.70. The second-order valence-corrected chi connectivity index (χ2v) is 4.71. The van der Waals surface area contributed by atoms with Crippen molar-refractivity contribution in [1.29, 1.82) is 0 Å². The number of hydrogen-bond acceptors (Lipinski definition) is 3. The second-order valence-electron chi connectivity index (χ2n) is 4.71. The highest BCUT2D eigenvalue weighted by Gasteiger charge is 2.13. The van der Waals surface area contributed by atoms with Crippen LogP contribution in [-0.4, -0.2) is 19.8 Å². The lowest BCUT2D eigenvalue weighted by Crippen LogP contribution is -2.21. The van der Waals surface area contributed by atoms with E-state index in [0.717, 1.165) is 30.9 Å². The molecule has 0 aromatic heterocycles. The van der Waals surface area contributed by atoms with Gasteiger partial charge in [0, 0.05) is 12.5 Å². The minimum absolute atomic E-state index is 0.229. The van der Waals surface area contributed by atoms with Gasteiger partial charge in [0.2, 0.25) is 0 Å². The highest BCUT2D eigenvalue weighted by molar-refractivity contribution is 5.44. The predicted octanol–water partition coefficient (Wildman–Crippen LogP) is 3.94. The zero-order chi connectivity index (χ0) is 15.5. The quantitative estimate of drug-likeness (QED) is 0.699. The molecule has 0 aliphatic heterocycles. The van der Waals surface area contributed by atoms with Crippen molar-refractivity contribution in [3.63, 3.8) is 0 Å². The molecule has 0 saturated heterocycles. The van der Waals surface area contributed by atoms with Crippen LogP contribution in [0.25, 0.3) is 0 Å². The van der Waals surface area contributed by atoms with E-state index < -0.39 is 0 Å². The maximum absolute atomic E-state index is 5.70. The van der Waals surface area contributed by atoms with E-state index in [0.29, 0.717) is 13.2 Å². The monoisotopic (exact) mass is 289 g/mol. The van der Waals surface area contributed by atoms with Gasteiger partial charge in [-0.1, -0.05) is 13.0 Å². The highest BCUT2D eigenvalue weighted by atomic mass is 16.5. The Hall–Kier alpha value is -1.66. The molecule has 0 spiro atoms. The molecule has 0 heterocycles. The van der Waals surface area contributed by atoms with Crippen LogP contribution in [-0.2, 0) is 0 Å². The van der Waals surface area contributed by atoms with Crippen molar-refractivity contribution < 1.29 is 9.47 Å². The van der Waals surface area contributed by atoms with Gasteiger partial charge in [0.1, 0.15) is 0 Å². The first kappa shape index (κ1) is 17.4. The van der Waals surface area contributed by atoms with Crippen LogP contribution in [0.4, 0.5) is 0 Å². The molecule has 0 radical (unpaired) electrons. The van der Waals surface area contributed by atoms with E-state index in [4.69, 9.17) is 9.47 Å². The standard InChI is InChI=1S/C18H27NO2/c1-5-9-10-16(19-13-6-2)15-11-12-17(20-7-3)18(14-15)21-8-4/h11-12,14,16,19H,6-8,10,13H2,1-4H3. The molecule has 1 rings (SSSR count). The van der Waals surface area contributed by atoms with Gasteiger partial charge < -0.3 is 14.8 Å². The van der Waals surface area contributed by atoms with Gasteiger partial charge in [-0.3, -0.25) is 0 Å².